The Morgan fingerprint density at radius 1 is 1.21 bits per heavy atom. The van der Waals surface area contributed by atoms with Gasteiger partial charge in [-0.2, -0.15) is 5.26 Å². The summed E-state index contributed by atoms with van der Waals surface area (Å²) in [4.78, 5) is 32.2. The van der Waals surface area contributed by atoms with Crippen molar-refractivity contribution in [1.29, 1.82) is 5.26 Å². The number of aromatic amines is 1. The van der Waals surface area contributed by atoms with Crippen molar-refractivity contribution in [2.75, 3.05) is 13.1 Å². The van der Waals surface area contributed by atoms with Crippen LogP contribution in [0.3, 0.4) is 0 Å². The lowest BCUT2D eigenvalue weighted by atomic mass is 9.84. The monoisotopic (exact) mass is 520 g/mol. The number of aryl methyl sites for hydroxylation is 1. The Morgan fingerprint density at radius 3 is 2.45 bits per heavy atom. The second kappa shape index (κ2) is 13.8. The molecule has 1 aliphatic carbocycles. The molecule has 2 atom stereocenters. The lowest BCUT2D eigenvalue weighted by Crippen LogP contribution is -2.30. The molecule has 0 radical (unpaired) electrons. The number of hydrogen-bond acceptors (Lipinski definition) is 4. The number of rotatable bonds is 5. The number of nitriles is 1. The van der Waals surface area contributed by atoms with Crippen molar-refractivity contribution in [3.8, 4) is 6.07 Å². The fraction of sp³-hybridized carbons (Fsp3) is 0.533. The molecule has 206 valence electrons. The number of likely N-dealkylation sites (tertiary alicyclic amines) is 1. The van der Waals surface area contributed by atoms with Crippen molar-refractivity contribution in [2.24, 2.45) is 18.4 Å². The number of pyridine rings is 1. The molecule has 2 unspecified atom stereocenters. The van der Waals surface area contributed by atoms with E-state index in [1.807, 2.05) is 68.6 Å². The molecular formula is C30H44N6O2. The third-order valence-electron chi connectivity index (χ3n) is 7.15. The normalized spacial score (nSPS) is 18.0. The van der Waals surface area contributed by atoms with Gasteiger partial charge >= 0.3 is 0 Å². The van der Waals surface area contributed by atoms with Gasteiger partial charge in [0.1, 0.15) is 11.7 Å². The van der Waals surface area contributed by atoms with E-state index in [2.05, 4.69) is 42.1 Å². The molecule has 38 heavy (non-hydrogen) atoms. The van der Waals surface area contributed by atoms with Crippen molar-refractivity contribution in [2.45, 2.75) is 73.3 Å². The minimum Gasteiger partial charge on any atom is -0.354 e. The van der Waals surface area contributed by atoms with E-state index in [4.69, 9.17) is 5.26 Å². The van der Waals surface area contributed by atoms with Gasteiger partial charge in [-0.3, -0.25) is 14.6 Å². The number of amides is 2. The van der Waals surface area contributed by atoms with E-state index < -0.39 is 6.04 Å². The predicted molar refractivity (Wildman–Crippen MR) is 153 cm³/mol. The highest BCUT2D eigenvalue weighted by atomic mass is 16.2. The van der Waals surface area contributed by atoms with Crippen LogP contribution >= 0.6 is 0 Å². The Kier molecular flexibility index (Phi) is 11.1. The van der Waals surface area contributed by atoms with E-state index in [1.165, 1.54) is 18.5 Å². The zero-order valence-corrected chi connectivity index (χ0v) is 24.2. The van der Waals surface area contributed by atoms with Gasteiger partial charge in [0.2, 0.25) is 6.41 Å². The molecule has 2 amide bonds. The van der Waals surface area contributed by atoms with Crippen LogP contribution in [0.4, 0.5) is 0 Å². The molecule has 2 fully saturated rings. The average Bonchev–Trinajstić information content (AvgIpc) is 3.43. The number of nitrogens with one attached hydrogen (secondary N) is 2. The molecule has 1 saturated heterocycles. The predicted octanol–water partition coefficient (Wildman–Crippen LogP) is 5.95. The van der Waals surface area contributed by atoms with E-state index in [0.717, 1.165) is 29.7 Å². The summed E-state index contributed by atoms with van der Waals surface area (Å²) in [7, 11) is 1.89. The molecule has 1 saturated carbocycles. The molecule has 5 rings (SSSR count). The lowest BCUT2D eigenvalue weighted by Gasteiger charge is -2.21. The van der Waals surface area contributed by atoms with Gasteiger partial charge in [-0.1, -0.05) is 48.5 Å². The van der Waals surface area contributed by atoms with Crippen LogP contribution in [0.25, 0.3) is 10.9 Å². The number of hydrogen-bond donors (Lipinski definition) is 2. The maximum absolute atomic E-state index is 12.4. The van der Waals surface area contributed by atoms with Crippen LogP contribution < -0.4 is 5.32 Å². The summed E-state index contributed by atoms with van der Waals surface area (Å²) in [6, 6.07) is 7.32. The van der Waals surface area contributed by atoms with Gasteiger partial charge in [-0.05, 0) is 48.3 Å². The summed E-state index contributed by atoms with van der Waals surface area (Å²) < 4.78 is 1.91. The van der Waals surface area contributed by atoms with Crippen molar-refractivity contribution in [3.05, 3.63) is 53.7 Å². The van der Waals surface area contributed by atoms with E-state index in [1.54, 1.807) is 12.4 Å². The van der Waals surface area contributed by atoms with Crippen LogP contribution in [0.1, 0.15) is 95.0 Å². The van der Waals surface area contributed by atoms with Crippen molar-refractivity contribution in [3.63, 3.8) is 0 Å². The fourth-order valence-corrected chi connectivity index (χ4v) is 4.54. The quantitative estimate of drug-likeness (QED) is 0.406. The highest BCUT2D eigenvalue weighted by molar-refractivity contribution is 5.93. The molecule has 3 aromatic heterocycles. The Hall–Kier alpha value is -3.60. The summed E-state index contributed by atoms with van der Waals surface area (Å²) in [5.74, 6) is 1.42. The van der Waals surface area contributed by atoms with Crippen molar-refractivity contribution >= 4 is 23.2 Å². The van der Waals surface area contributed by atoms with Crippen molar-refractivity contribution in [1.82, 2.24) is 24.8 Å². The highest BCUT2D eigenvalue weighted by Gasteiger charge is 2.39. The maximum Gasteiger partial charge on any atom is 0.270 e. The SMILES string of the molecule is CC.CC.CC1CN(C(=O)c2ccc(C3CC3)[nH]2)CC1(C)C.Cn1ccc2cncc(C(C#N)NC=O)c21. The summed E-state index contributed by atoms with van der Waals surface area (Å²) >= 11 is 0. The molecule has 1 aliphatic heterocycles. The number of fused-ring (bicyclic) bond motifs is 1. The summed E-state index contributed by atoms with van der Waals surface area (Å²) in [6.07, 6.45) is 8.28. The fourth-order valence-electron chi connectivity index (χ4n) is 4.54. The summed E-state index contributed by atoms with van der Waals surface area (Å²) in [5, 5.41) is 12.4. The lowest BCUT2D eigenvalue weighted by molar-refractivity contribution is -0.109. The molecule has 0 bridgehead atoms. The largest absolute Gasteiger partial charge is 0.354 e. The van der Waals surface area contributed by atoms with Crippen LogP contribution in [0.15, 0.2) is 36.8 Å². The van der Waals surface area contributed by atoms with Crippen molar-refractivity contribution < 1.29 is 9.59 Å². The topological polar surface area (TPSA) is 107 Å². The first-order chi connectivity index (χ1) is 18.2. The molecule has 4 heterocycles. The minimum absolute atomic E-state index is 0.166. The first-order valence-corrected chi connectivity index (χ1v) is 13.7. The third-order valence-corrected chi connectivity index (χ3v) is 7.15. The van der Waals surface area contributed by atoms with Crippen LogP contribution in [0, 0.1) is 22.7 Å². The van der Waals surface area contributed by atoms with Gasteiger partial charge in [0.05, 0.1) is 11.6 Å². The van der Waals surface area contributed by atoms with E-state index >= 15 is 0 Å². The molecule has 2 aliphatic rings. The number of carbonyl (C=O) groups excluding carboxylic acids is 2. The van der Waals surface area contributed by atoms with Gasteiger partial charge in [-0.25, -0.2) is 0 Å². The van der Waals surface area contributed by atoms with Crippen LogP contribution in [0.2, 0.25) is 0 Å². The first-order valence-electron chi connectivity index (χ1n) is 13.7. The molecule has 8 nitrogen and oxygen atoms in total. The molecule has 2 N–H and O–H groups in total. The first kappa shape index (κ1) is 30.6. The number of H-pyrrole nitrogens is 1. The smallest absolute Gasteiger partial charge is 0.270 e. The minimum atomic E-state index is -0.665. The molecule has 0 spiro atoms. The van der Waals surface area contributed by atoms with Gasteiger partial charge in [-0.15, -0.1) is 0 Å². The van der Waals surface area contributed by atoms with Gasteiger partial charge in [0.25, 0.3) is 5.91 Å². The Balaban J connectivity index is 0.000000238. The number of nitrogens with zero attached hydrogens (tertiary/aromatic N) is 4. The zero-order chi connectivity index (χ0) is 28.5. The van der Waals surface area contributed by atoms with Gasteiger partial charge in [0.15, 0.2) is 0 Å². The molecule has 3 aromatic rings. The molecule has 0 aromatic carbocycles. The second-order valence-electron chi connectivity index (χ2n) is 10.1. The maximum atomic E-state index is 12.4. The standard InChI is InChI=1S/C15H22N2O.C11H10N4O.2C2H6/c1-10-8-17(9-15(10,2)3)14(18)13-7-6-12(16-13)11-4-5-11;1-15-3-2-8-5-13-6-9(11(8)15)10(4-12)14-7-16;2*1-2/h6-7,10-11,16H,4-5,8-9H2,1-3H3;2-3,5-7,10H,1H3,(H,14,16);2*1-2H3. The van der Waals surface area contributed by atoms with Crippen LogP contribution in [-0.2, 0) is 11.8 Å². The third kappa shape index (κ3) is 7.03. The average molecular weight is 521 g/mol. The van der Waals surface area contributed by atoms with Crippen LogP contribution in [-0.4, -0.2) is 44.8 Å². The second-order valence-corrected chi connectivity index (χ2v) is 10.1. The summed E-state index contributed by atoms with van der Waals surface area (Å²) in [5.41, 5.74) is 3.86. The van der Waals surface area contributed by atoms with E-state index in [9.17, 15) is 9.59 Å². The highest BCUT2D eigenvalue weighted by Crippen LogP contribution is 2.40. The Labute approximate surface area is 227 Å². The van der Waals surface area contributed by atoms with Crippen LogP contribution in [0.5, 0.6) is 0 Å². The van der Waals surface area contributed by atoms with E-state index in [-0.39, 0.29) is 11.3 Å². The number of carbonyl (C=O) groups is 2. The summed E-state index contributed by atoms with van der Waals surface area (Å²) in [6.45, 7) is 16.5. The Bertz CT molecular complexity index is 1230. The van der Waals surface area contributed by atoms with E-state index in [0.29, 0.717) is 23.8 Å². The molecular weight excluding hydrogens is 476 g/mol. The van der Waals surface area contributed by atoms with Gasteiger partial charge < -0.3 is 19.8 Å². The zero-order valence-electron chi connectivity index (χ0n) is 24.2. The molecule has 8 heteroatoms. The van der Waals surface area contributed by atoms with Gasteiger partial charge in [0, 0.05) is 55.4 Å². The number of aromatic nitrogens is 3. The Morgan fingerprint density at radius 2 is 1.89 bits per heavy atom.